The summed E-state index contributed by atoms with van der Waals surface area (Å²) in [7, 11) is 0. The van der Waals surface area contributed by atoms with Crippen LogP contribution in [-0.4, -0.2) is 17.9 Å². The number of aryl methyl sites for hydroxylation is 1. The molecule has 0 aliphatic heterocycles. The van der Waals surface area contributed by atoms with Crippen LogP contribution in [0.4, 0.5) is 0 Å². The molecule has 0 aliphatic carbocycles. The Morgan fingerprint density at radius 1 is 1.00 bits per heavy atom. The van der Waals surface area contributed by atoms with E-state index in [1.165, 1.54) is 0 Å². The van der Waals surface area contributed by atoms with Crippen LogP contribution in [0.5, 0.6) is 0 Å². The molecule has 2 rings (SSSR count). The fourth-order valence-electron chi connectivity index (χ4n) is 2.42. The smallest absolute Gasteiger partial charge is 0.251 e. The molecule has 4 nitrogen and oxygen atoms in total. The lowest BCUT2D eigenvalue weighted by Gasteiger charge is -2.12. The summed E-state index contributed by atoms with van der Waals surface area (Å²) in [6.07, 6.45) is 2.07. The van der Waals surface area contributed by atoms with Gasteiger partial charge in [-0.25, -0.2) is 0 Å². The van der Waals surface area contributed by atoms with E-state index < -0.39 is 0 Å². The predicted octanol–water partition coefficient (Wildman–Crippen LogP) is 3.46. The first kappa shape index (κ1) is 18.7. The topological polar surface area (TPSA) is 58.2 Å². The number of hydrogen-bond acceptors (Lipinski definition) is 2. The number of hydrogen-bond donors (Lipinski definition) is 2. The average molecular weight is 338 g/mol. The second-order valence-electron chi connectivity index (χ2n) is 6.25. The Morgan fingerprint density at radius 2 is 1.72 bits per heavy atom. The first-order valence-corrected chi connectivity index (χ1v) is 8.79. The fourth-order valence-corrected chi connectivity index (χ4v) is 2.42. The fraction of sp³-hybridized carbons (Fsp3) is 0.333. The highest BCUT2D eigenvalue weighted by Gasteiger charge is 2.09. The van der Waals surface area contributed by atoms with Crippen LogP contribution in [0.25, 0.3) is 0 Å². The Hall–Kier alpha value is -2.62. The van der Waals surface area contributed by atoms with Crippen LogP contribution in [0, 0.1) is 0 Å². The zero-order valence-electron chi connectivity index (χ0n) is 14.9. The average Bonchev–Trinajstić information content (AvgIpc) is 2.65. The molecular formula is C21H26N2O2. The van der Waals surface area contributed by atoms with Crippen molar-refractivity contribution >= 4 is 11.8 Å². The molecule has 0 heterocycles. The second-order valence-corrected chi connectivity index (χ2v) is 6.25. The van der Waals surface area contributed by atoms with Crippen molar-refractivity contribution in [2.24, 2.45) is 0 Å². The third-order valence-corrected chi connectivity index (χ3v) is 4.15. The van der Waals surface area contributed by atoms with Crippen LogP contribution >= 0.6 is 0 Å². The van der Waals surface area contributed by atoms with E-state index >= 15 is 0 Å². The third-order valence-electron chi connectivity index (χ3n) is 4.15. The van der Waals surface area contributed by atoms with E-state index in [1.807, 2.05) is 62.4 Å². The van der Waals surface area contributed by atoms with Gasteiger partial charge in [-0.1, -0.05) is 49.4 Å². The lowest BCUT2D eigenvalue weighted by atomic mass is 10.1. The zero-order chi connectivity index (χ0) is 18.1. The number of benzene rings is 2. The molecule has 132 valence electrons. The van der Waals surface area contributed by atoms with E-state index in [2.05, 4.69) is 10.6 Å². The van der Waals surface area contributed by atoms with Crippen molar-refractivity contribution in [1.82, 2.24) is 10.6 Å². The molecule has 0 saturated heterocycles. The highest BCUT2D eigenvalue weighted by Crippen LogP contribution is 2.07. The van der Waals surface area contributed by atoms with Gasteiger partial charge in [-0.3, -0.25) is 9.59 Å². The Balaban J connectivity index is 1.83. The van der Waals surface area contributed by atoms with Crippen LogP contribution in [-0.2, 0) is 17.8 Å². The standard InChI is InChI=1S/C21H26N2O2/c1-3-16(2)23-21(25)19-11-7-10-18(14-19)15-22-20(24)13-12-17-8-5-4-6-9-17/h4-11,14,16H,3,12-13,15H2,1-2H3,(H,22,24)(H,23,25). The van der Waals surface area contributed by atoms with Gasteiger partial charge in [0.15, 0.2) is 0 Å². The van der Waals surface area contributed by atoms with Gasteiger partial charge in [0.05, 0.1) is 0 Å². The van der Waals surface area contributed by atoms with Gasteiger partial charge in [0.2, 0.25) is 5.91 Å². The van der Waals surface area contributed by atoms with E-state index in [9.17, 15) is 9.59 Å². The Morgan fingerprint density at radius 3 is 2.44 bits per heavy atom. The summed E-state index contributed by atoms with van der Waals surface area (Å²) < 4.78 is 0. The van der Waals surface area contributed by atoms with Gasteiger partial charge in [-0.05, 0) is 43.0 Å². The molecule has 2 amide bonds. The van der Waals surface area contributed by atoms with Gasteiger partial charge in [-0.2, -0.15) is 0 Å². The Bertz CT molecular complexity index is 698. The van der Waals surface area contributed by atoms with Crippen molar-refractivity contribution in [2.75, 3.05) is 0 Å². The van der Waals surface area contributed by atoms with Gasteiger partial charge < -0.3 is 10.6 Å². The molecule has 2 aromatic rings. The molecule has 0 bridgehead atoms. The molecule has 2 N–H and O–H groups in total. The normalized spacial score (nSPS) is 11.6. The molecule has 0 spiro atoms. The molecule has 0 saturated carbocycles. The van der Waals surface area contributed by atoms with E-state index in [0.29, 0.717) is 18.5 Å². The molecule has 0 fully saturated rings. The number of nitrogens with one attached hydrogen (secondary N) is 2. The lowest BCUT2D eigenvalue weighted by molar-refractivity contribution is -0.121. The van der Waals surface area contributed by atoms with Crippen LogP contribution in [0.2, 0.25) is 0 Å². The summed E-state index contributed by atoms with van der Waals surface area (Å²) in [5.41, 5.74) is 2.70. The molecule has 2 aromatic carbocycles. The van der Waals surface area contributed by atoms with E-state index in [4.69, 9.17) is 0 Å². The number of amides is 2. The number of carbonyl (C=O) groups is 2. The number of rotatable bonds is 8. The van der Waals surface area contributed by atoms with Crippen LogP contribution in [0.1, 0.15) is 48.2 Å². The summed E-state index contributed by atoms with van der Waals surface area (Å²) in [6.45, 7) is 4.44. The summed E-state index contributed by atoms with van der Waals surface area (Å²) >= 11 is 0. The maximum Gasteiger partial charge on any atom is 0.251 e. The SMILES string of the molecule is CCC(C)NC(=O)c1cccc(CNC(=O)CCc2ccccc2)c1. The maximum atomic E-state index is 12.2. The Labute approximate surface area is 149 Å². The first-order valence-electron chi connectivity index (χ1n) is 8.79. The van der Waals surface area contributed by atoms with Crippen LogP contribution < -0.4 is 10.6 Å². The minimum Gasteiger partial charge on any atom is -0.352 e. The lowest BCUT2D eigenvalue weighted by Crippen LogP contribution is -2.32. The molecule has 25 heavy (non-hydrogen) atoms. The second kappa shape index (κ2) is 9.62. The van der Waals surface area contributed by atoms with Crippen LogP contribution in [0.15, 0.2) is 54.6 Å². The number of carbonyl (C=O) groups excluding carboxylic acids is 2. The van der Waals surface area contributed by atoms with Crippen molar-refractivity contribution < 1.29 is 9.59 Å². The van der Waals surface area contributed by atoms with E-state index in [0.717, 1.165) is 24.0 Å². The minimum absolute atomic E-state index is 0.0123. The Kier molecular flexibility index (Phi) is 7.20. The monoisotopic (exact) mass is 338 g/mol. The first-order chi connectivity index (χ1) is 12.1. The molecule has 4 heteroatoms. The highest BCUT2D eigenvalue weighted by molar-refractivity contribution is 5.94. The summed E-state index contributed by atoms with van der Waals surface area (Å²) in [5.74, 6) is -0.0649. The molecule has 0 aromatic heterocycles. The van der Waals surface area contributed by atoms with Crippen molar-refractivity contribution in [2.45, 2.75) is 45.7 Å². The highest BCUT2D eigenvalue weighted by atomic mass is 16.2. The maximum absolute atomic E-state index is 12.2. The van der Waals surface area contributed by atoms with Gasteiger partial charge in [0, 0.05) is 24.6 Å². The van der Waals surface area contributed by atoms with Crippen molar-refractivity contribution in [3.63, 3.8) is 0 Å². The molecule has 1 atom stereocenters. The van der Waals surface area contributed by atoms with Crippen LogP contribution in [0.3, 0.4) is 0 Å². The van der Waals surface area contributed by atoms with Crippen molar-refractivity contribution in [3.05, 3.63) is 71.3 Å². The summed E-state index contributed by atoms with van der Waals surface area (Å²) in [6, 6.07) is 17.5. The molecule has 0 radical (unpaired) electrons. The van der Waals surface area contributed by atoms with Crippen molar-refractivity contribution in [1.29, 1.82) is 0 Å². The molecule has 0 aliphatic rings. The zero-order valence-corrected chi connectivity index (χ0v) is 14.9. The molecule has 1 unspecified atom stereocenters. The van der Waals surface area contributed by atoms with E-state index in [-0.39, 0.29) is 17.9 Å². The largest absolute Gasteiger partial charge is 0.352 e. The van der Waals surface area contributed by atoms with E-state index in [1.54, 1.807) is 6.07 Å². The van der Waals surface area contributed by atoms with Gasteiger partial charge in [-0.15, -0.1) is 0 Å². The summed E-state index contributed by atoms with van der Waals surface area (Å²) in [4.78, 5) is 24.2. The minimum atomic E-state index is -0.0772. The molecular weight excluding hydrogens is 312 g/mol. The van der Waals surface area contributed by atoms with Gasteiger partial charge >= 0.3 is 0 Å². The quantitative estimate of drug-likeness (QED) is 0.774. The predicted molar refractivity (Wildman–Crippen MR) is 100 cm³/mol. The van der Waals surface area contributed by atoms with Crippen molar-refractivity contribution in [3.8, 4) is 0 Å². The summed E-state index contributed by atoms with van der Waals surface area (Å²) in [5, 5.41) is 5.87. The van der Waals surface area contributed by atoms with Gasteiger partial charge in [0.25, 0.3) is 5.91 Å². The van der Waals surface area contributed by atoms with Gasteiger partial charge in [0.1, 0.15) is 0 Å². The third kappa shape index (κ3) is 6.42.